The lowest BCUT2D eigenvalue weighted by atomic mass is 9.87. The molecule has 34 heavy (non-hydrogen) atoms. The van der Waals surface area contributed by atoms with Gasteiger partial charge < -0.3 is 9.64 Å². The van der Waals surface area contributed by atoms with Crippen LogP contribution in [0.25, 0.3) is 0 Å². The van der Waals surface area contributed by atoms with E-state index in [1.54, 1.807) is 23.1 Å². The van der Waals surface area contributed by atoms with Crippen molar-refractivity contribution in [1.29, 1.82) is 0 Å². The molecule has 1 fully saturated rings. The van der Waals surface area contributed by atoms with Crippen molar-refractivity contribution in [2.45, 2.75) is 63.8 Å². The minimum Gasteiger partial charge on any atom is -0.381 e. The summed E-state index contributed by atoms with van der Waals surface area (Å²) in [5.74, 6) is -0.592. The number of halogens is 2. The number of hydrogen-bond donors (Lipinski definition) is 0. The molecule has 2 unspecified atom stereocenters. The van der Waals surface area contributed by atoms with Crippen molar-refractivity contribution in [3.63, 3.8) is 0 Å². The molecule has 0 aromatic heterocycles. The van der Waals surface area contributed by atoms with Crippen molar-refractivity contribution in [2.24, 2.45) is 0 Å². The van der Waals surface area contributed by atoms with Crippen molar-refractivity contribution in [2.75, 3.05) is 37.7 Å². The molecule has 0 saturated carbocycles. The van der Waals surface area contributed by atoms with Gasteiger partial charge in [-0.05, 0) is 80.5 Å². The fraction of sp³-hybridized carbons (Fsp3) is 0.536. The second-order valence-electron chi connectivity index (χ2n) is 9.52. The second kappa shape index (κ2) is 11.9. The van der Waals surface area contributed by atoms with Gasteiger partial charge >= 0.3 is 0 Å². The fourth-order valence-corrected chi connectivity index (χ4v) is 5.40. The summed E-state index contributed by atoms with van der Waals surface area (Å²) in [5.41, 5.74) is 2.57. The predicted octanol–water partition coefficient (Wildman–Crippen LogP) is 5.89. The summed E-state index contributed by atoms with van der Waals surface area (Å²) in [6.45, 7) is 5.42. The van der Waals surface area contributed by atoms with Gasteiger partial charge in [-0.25, -0.2) is 8.78 Å². The van der Waals surface area contributed by atoms with E-state index in [2.05, 4.69) is 11.8 Å². The molecule has 0 spiro atoms. The Bertz CT molecular complexity index is 950. The summed E-state index contributed by atoms with van der Waals surface area (Å²) >= 11 is 0. The number of rotatable bonds is 8. The maximum atomic E-state index is 14.4. The van der Waals surface area contributed by atoms with Crippen molar-refractivity contribution >= 4 is 11.6 Å². The molecule has 1 saturated heterocycles. The van der Waals surface area contributed by atoms with Gasteiger partial charge in [-0.3, -0.25) is 9.69 Å². The summed E-state index contributed by atoms with van der Waals surface area (Å²) in [6.07, 6.45) is 6.94. The molecule has 2 aromatic rings. The second-order valence-corrected chi connectivity index (χ2v) is 9.52. The molecule has 0 radical (unpaired) electrons. The van der Waals surface area contributed by atoms with Crippen LogP contribution in [0.2, 0.25) is 0 Å². The quantitative estimate of drug-likeness (QED) is 0.451. The minimum absolute atomic E-state index is 0.00690. The van der Waals surface area contributed by atoms with Crippen LogP contribution in [0.15, 0.2) is 42.5 Å². The first-order valence-corrected chi connectivity index (χ1v) is 12.7. The molecule has 0 N–H and O–H groups in total. The molecule has 4 rings (SSSR count). The van der Waals surface area contributed by atoms with Gasteiger partial charge in [0.05, 0.1) is 12.2 Å². The monoisotopic (exact) mass is 470 g/mol. The molecule has 0 bridgehead atoms. The van der Waals surface area contributed by atoms with Gasteiger partial charge in [-0.2, -0.15) is 0 Å². The Hall–Kier alpha value is -2.31. The highest BCUT2D eigenvalue weighted by molar-refractivity contribution is 5.96. The van der Waals surface area contributed by atoms with E-state index >= 15 is 0 Å². The lowest BCUT2D eigenvalue weighted by molar-refractivity contribution is -0.120. The SMILES string of the molecule is CCCOCCC1CCCCN1CC(=O)N1CCCC(c2ccc(F)cc2)c2ccc(F)cc21. The van der Waals surface area contributed by atoms with Crippen LogP contribution in [0.3, 0.4) is 0 Å². The van der Waals surface area contributed by atoms with E-state index in [9.17, 15) is 13.6 Å². The van der Waals surface area contributed by atoms with Crippen molar-refractivity contribution in [3.8, 4) is 0 Å². The highest BCUT2D eigenvalue weighted by atomic mass is 19.1. The van der Waals surface area contributed by atoms with E-state index in [0.717, 1.165) is 69.4 Å². The normalized spacial score (nSPS) is 21.2. The van der Waals surface area contributed by atoms with Crippen LogP contribution in [-0.4, -0.2) is 49.7 Å². The molecule has 1 amide bonds. The molecule has 6 heteroatoms. The molecule has 2 aromatic carbocycles. The van der Waals surface area contributed by atoms with Gasteiger partial charge in [0.15, 0.2) is 0 Å². The lowest BCUT2D eigenvalue weighted by Crippen LogP contribution is -2.47. The number of hydrogen-bond acceptors (Lipinski definition) is 3. The molecule has 2 aliphatic heterocycles. The van der Waals surface area contributed by atoms with Crippen molar-refractivity contribution < 1.29 is 18.3 Å². The average Bonchev–Trinajstić information content (AvgIpc) is 3.02. The molecule has 0 aliphatic carbocycles. The summed E-state index contributed by atoms with van der Waals surface area (Å²) in [7, 11) is 0. The zero-order valence-electron chi connectivity index (χ0n) is 20.1. The summed E-state index contributed by atoms with van der Waals surface area (Å²) < 4.78 is 33.6. The van der Waals surface area contributed by atoms with Crippen LogP contribution in [0.4, 0.5) is 14.5 Å². The van der Waals surface area contributed by atoms with Gasteiger partial charge in [0.2, 0.25) is 5.91 Å². The zero-order valence-corrected chi connectivity index (χ0v) is 20.1. The molecule has 2 heterocycles. The number of carbonyl (C=O) groups excluding carboxylic acids is 1. The number of nitrogens with zero attached hydrogens (tertiary/aromatic N) is 2. The van der Waals surface area contributed by atoms with Gasteiger partial charge in [0, 0.05) is 31.7 Å². The number of carbonyl (C=O) groups is 1. The molecular weight excluding hydrogens is 434 g/mol. The van der Waals surface area contributed by atoms with Crippen LogP contribution in [0.5, 0.6) is 0 Å². The Morgan fingerprint density at radius 3 is 2.56 bits per heavy atom. The van der Waals surface area contributed by atoms with Gasteiger partial charge in [0.1, 0.15) is 11.6 Å². The first kappa shape index (κ1) is 24.8. The molecular formula is C28H36F2N2O2. The Balaban J connectivity index is 1.53. The average molecular weight is 471 g/mol. The minimum atomic E-state index is -0.347. The Morgan fingerprint density at radius 1 is 0.971 bits per heavy atom. The molecule has 2 atom stereocenters. The Kier molecular flexibility index (Phi) is 8.68. The van der Waals surface area contributed by atoms with Crippen LogP contribution >= 0.6 is 0 Å². The van der Waals surface area contributed by atoms with E-state index < -0.39 is 0 Å². The van der Waals surface area contributed by atoms with E-state index in [1.165, 1.54) is 30.7 Å². The van der Waals surface area contributed by atoms with Crippen LogP contribution in [0, 0.1) is 11.6 Å². The maximum absolute atomic E-state index is 14.4. The number of amides is 1. The van der Waals surface area contributed by atoms with E-state index in [0.29, 0.717) is 24.8 Å². The number of piperidine rings is 1. The third kappa shape index (κ3) is 6.02. The first-order valence-electron chi connectivity index (χ1n) is 12.7. The largest absolute Gasteiger partial charge is 0.381 e. The molecule has 184 valence electrons. The summed E-state index contributed by atoms with van der Waals surface area (Å²) in [6, 6.07) is 11.6. The van der Waals surface area contributed by atoms with Crippen LogP contribution < -0.4 is 4.90 Å². The number of anilines is 1. The number of benzene rings is 2. The van der Waals surface area contributed by atoms with Crippen molar-refractivity contribution in [1.82, 2.24) is 4.90 Å². The van der Waals surface area contributed by atoms with Crippen LogP contribution in [0.1, 0.15) is 68.9 Å². The maximum Gasteiger partial charge on any atom is 0.241 e. The Labute approximate surface area is 201 Å². The number of fused-ring (bicyclic) bond motifs is 1. The van der Waals surface area contributed by atoms with Gasteiger partial charge in [0.25, 0.3) is 0 Å². The number of ether oxygens (including phenoxy) is 1. The first-order chi connectivity index (χ1) is 16.6. The lowest BCUT2D eigenvalue weighted by Gasteiger charge is -2.36. The topological polar surface area (TPSA) is 32.8 Å². The molecule has 2 aliphatic rings. The zero-order chi connectivity index (χ0) is 23.9. The highest BCUT2D eigenvalue weighted by Gasteiger charge is 2.31. The van der Waals surface area contributed by atoms with E-state index in [1.807, 2.05) is 0 Å². The smallest absolute Gasteiger partial charge is 0.241 e. The van der Waals surface area contributed by atoms with Gasteiger partial charge in [-0.1, -0.05) is 31.5 Å². The van der Waals surface area contributed by atoms with E-state index in [4.69, 9.17) is 4.74 Å². The summed E-state index contributed by atoms with van der Waals surface area (Å²) in [4.78, 5) is 17.7. The predicted molar refractivity (Wildman–Crippen MR) is 131 cm³/mol. The number of likely N-dealkylation sites (tertiary alicyclic amines) is 1. The highest BCUT2D eigenvalue weighted by Crippen LogP contribution is 2.39. The standard InChI is InChI=1S/C28H36F2N2O2/c1-2-17-34-18-14-24-6-3-4-15-31(24)20-28(33)32-16-5-7-25(21-8-10-22(29)11-9-21)26-13-12-23(30)19-27(26)32/h8-13,19,24-25H,2-7,14-18,20H2,1H3. The third-order valence-electron chi connectivity index (χ3n) is 7.14. The van der Waals surface area contributed by atoms with Gasteiger partial charge in [-0.15, -0.1) is 0 Å². The van der Waals surface area contributed by atoms with Crippen LogP contribution in [-0.2, 0) is 9.53 Å². The molecule has 4 nitrogen and oxygen atoms in total. The Morgan fingerprint density at radius 2 is 1.76 bits per heavy atom. The van der Waals surface area contributed by atoms with Crippen molar-refractivity contribution in [3.05, 3.63) is 65.2 Å². The summed E-state index contributed by atoms with van der Waals surface area (Å²) in [5, 5.41) is 0. The fourth-order valence-electron chi connectivity index (χ4n) is 5.40. The third-order valence-corrected chi connectivity index (χ3v) is 7.14. The van der Waals surface area contributed by atoms with E-state index in [-0.39, 0.29) is 23.5 Å².